The molecule has 1 N–H and O–H groups in total. The van der Waals surface area contributed by atoms with E-state index in [4.69, 9.17) is 9.84 Å². The largest absolute Gasteiger partial charge is 0.477 e. The molecule has 14 heavy (non-hydrogen) atoms. The number of aliphatic carboxylic acids is 1. The number of halogens is 1. The Hall–Kier alpha value is -0.890. The van der Waals surface area contributed by atoms with Gasteiger partial charge in [-0.05, 0) is 22.9 Å². The molecule has 1 aliphatic rings. The minimum Gasteiger partial charge on any atom is -0.477 e. The van der Waals surface area contributed by atoms with Crippen LogP contribution in [0.2, 0.25) is 0 Å². The van der Waals surface area contributed by atoms with Crippen LogP contribution in [0, 0.1) is 0 Å². The lowest BCUT2D eigenvalue weighted by Crippen LogP contribution is -2.08. The number of hydrogen-bond acceptors (Lipinski definition) is 4. The molecule has 0 saturated heterocycles. The molecule has 0 aromatic rings. The highest BCUT2D eigenvalue weighted by Crippen LogP contribution is 2.28. The zero-order chi connectivity index (χ0) is 10.9. The third-order valence-electron chi connectivity index (χ3n) is 1.32. The second kappa shape index (κ2) is 3.70. The summed E-state index contributed by atoms with van der Waals surface area (Å²) in [7, 11) is -4.11. The highest BCUT2D eigenvalue weighted by atomic mass is 79.9. The summed E-state index contributed by atoms with van der Waals surface area (Å²) in [5.41, 5.74) is 0. The average molecular weight is 284 g/mol. The molecule has 8 heteroatoms. The van der Waals surface area contributed by atoms with Gasteiger partial charge >= 0.3 is 5.97 Å². The topological polar surface area (TPSA) is 93.0 Å². The van der Waals surface area contributed by atoms with Gasteiger partial charge in [0.1, 0.15) is 4.48 Å². The molecular formula is C6H6BrNO5S. The number of sulfonamides is 1. The maximum atomic E-state index is 11.2. The number of rotatable bonds is 2. The summed E-state index contributed by atoms with van der Waals surface area (Å²) in [6, 6.07) is 0. The predicted molar refractivity (Wildman–Crippen MR) is 51.6 cm³/mol. The van der Waals surface area contributed by atoms with Crippen LogP contribution in [-0.4, -0.2) is 32.0 Å². The second-order valence-electron chi connectivity index (χ2n) is 2.25. The maximum absolute atomic E-state index is 11.2. The van der Waals surface area contributed by atoms with Crippen LogP contribution in [0.3, 0.4) is 0 Å². The molecule has 1 aliphatic heterocycles. The Morgan fingerprint density at radius 1 is 1.64 bits per heavy atom. The van der Waals surface area contributed by atoms with E-state index >= 15 is 0 Å². The average Bonchev–Trinajstić information content (AvgIpc) is 2.22. The molecular weight excluding hydrogens is 278 g/mol. The van der Waals surface area contributed by atoms with Gasteiger partial charge in [-0.25, -0.2) is 4.79 Å². The van der Waals surface area contributed by atoms with Crippen molar-refractivity contribution in [3.8, 4) is 0 Å². The molecule has 0 bridgehead atoms. The Morgan fingerprint density at radius 2 is 2.21 bits per heavy atom. The number of ether oxygens (including phenoxy) is 1. The summed E-state index contributed by atoms with van der Waals surface area (Å²) in [4.78, 5) is 9.79. The summed E-state index contributed by atoms with van der Waals surface area (Å²) >= 11 is 2.81. The summed E-state index contributed by atoms with van der Waals surface area (Å²) in [5.74, 6) is -1.78. The zero-order valence-electron chi connectivity index (χ0n) is 7.02. The quantitative estimate of drug-likeness (QED) is 0.795. The standard InChI is InChI=1S/C6H6BrNO5S/c1-2-13-5-3(7)4(6(9)10)14(11,12)8-5/h2H2,1H3,(H,9,10). The van der Waals surface area contributed by atoms with Crippen LogP contribution >= 0.6 is 15.9 Å². The van der Waals surface area contributed by atoms with E-state index in [0.29, 0.717) is 0 Å². The Balaban J connectivity index is 3.26. The highest BCUT2D eigenvalue weighted by molar-refractivity contribution is 9.12. The van der Waals surface area contributed by atoms with Crippen molar-refractivity contribution in [1.82, 2.24) is 0 Å². The molecule has 0 unspecified atom stereocenters. The van der Waals surface area contributed by atoms with E-state index in [9.17, 15) is 13.2 Å². The first-order valence-corrected chi connectivity index (χ1v) is 5.74. The van der Waals surface area contributed by atoms with E-state index in [2.05, 4.69) is 20.3 Å². The van der Waals surface area contributed by atoms with Crippen molar-refractivity contribution < 1.29 is 23.1 Å². The smallest absolute Gasteiger partial charge is 0.350 e. The number of carboxylic acid groups (broad SMARTS) is 1. The van der Waals surface area contributed by atoms with Crippen LogP contribution in [0.4, 0.5) is 0 Å². The molecule has 0 atom stereocenters. The van der Waals surface area contributed by atoms with Crippen LogP contribution in [0.25, 0.3) is 0 Å². The molecule has 0 fully saturated rings. The first kappa shape index (κ1) is 11.2. The maximum Gasteiger partial charge on any atom is 0.350 e. The van der Waals surface area contributed by atoms with Crippen LogP contribution in [0.15, 0.2) is 13.8 Å². The molecule has 0 aromatic carbocycles. The van der Waals surface area contributed by atoms with Gasteiger partial charge in [0.15, 0.2) is 4.91 Å². The first-order valence-electron chi connectivity index (χ1n) is 3.51. The van der Waals surface area contributed by atoms with Gasteiger partial charge in [0.05, 0.1) is 6.61 Å². The van der Waals surface area contributed by atoms with Gasteiger partial charge < -0.3 is 9.84 Å². The number of nitrogens with zero attached hydrogens (tertiary/aromatic N) is 1. The van der Waals surface area contributed by atoms with Gasteiger partial charge in [0, 0.05) is 0 Å². The van der Waals surface area contributed by atoms with Crippen molar-refractivity contribution in [3.05, 3.63) is 9.39 Å². The molecule has 78 valence electrons. The predicted octanol–water partition coefficient (Wildman–Crippen LogP) is 0.456. The SMILES string of the molecule is CCOC1=NS(=O)(=O)C(C(=O)O)=C1Br. The van der Waals surface area contributed by atoms with E-state index in [-0.39, 0.29) is 17.0 Å². The minimum atomic E-state index is -4.11. The molecule has 0 amide bonds. The molecule has 0 aliphatic carbocycles. The van der Waals surface area contributed by atoms with Crippen molar-refractivity contribution in [3.63, 3.8) is 0 Å². The van der Waals surface area contributed by atoms with Gasteiger partial charge in [-0.2, -0.15) is 8.42 Å². The number of carbonyl (C=O) groups is 1. The lowest BCUT2D eigenvalue weighted by atomic mass is 10.5. The Morgan fingerprint density at radius 3 is 2.57 bits per heavy atom. The number of carboxylic acids is 1. The Bertz CT molecular complexity index is 435. The first-order chi connectivity index (χ1) is 6.40. The summed E-state index contributed by atoms with van der Waals surface area (Å²) < 4.78 is 30.2. The van der Waals surface area contributed by atoms with Crippen LogP contribution in [-0.2, 0) is 19.6 Å². The molecule has 1 heterocycles. The third-order valence-corrected chi connectivity index (χ3v) is 3.62. The fourth-order valence-electron chi connectivity index (χ4n) is 0.836. The lowest BCUT2D eigenvalue weighted by molar-refractivity contribution is -0.131. The molecule has 0 radical (unpaired) electrons. The van der Waals surface area contributed by atoms with E-state index < -0.39 is 20.9 Å². The molecule has 0 aromatic heterocycles. The van der Waals surface area contributed by atoms with Crippen molar-refractivity contribution in [1.29, 1.82) is 0 Å². The second-order valence-corrected chi connectivity index (χ2v) is 4.59. The summed E-state index contributed by atoms with van der Waals surface area (Å²) in [5, 5.41) is 8.61. The molecule has 0 saturated carbocycles. The van der Waals surface area contributed by atoms with Crippen molar-refractivity contribution in [2.45, 2.75) is 6.92 Å². The normalized spacial score (nSPS) is 19.4. The van der Waals surface area contributed by atoms with E-state index in [0.717, 1.165) is 0 Å². The Kier molecular flexibility index (Phi) is 2.95. The highest BCUT2D eigenvalue weighted by Gasteiger charge is 2.37. The van der Waals surface area contributed by atoms with Crippen LogP contribution < -0.4 is 0 Å². The third kappa shape index (κ3) is 1.80. The van der Waals surface area contributed by atoms with Crippen LogP contribution in [0.1, 0.15) is 6.92 Å². The molecule has 0 spiro atoms. The van der Waals surface area contributed by atoms with Crippen molar-refractivity contribution in [2.75, 3.05) is 6.61 Å². The van der Waals surface area contributed by atoms with Crippen LogP contribution in [0.5, 0.6) is 0 Å². The zero-order valence-corrected chi connectivity index (χ0v) is 9.42. The van der Waals surface area contributed by atoms with E-state index in [1.54, 1.807) is 6.92 Å². The monoisotopic (exact) mass is 283 g/mol. The minimum absolute atomic E-state index is 0.146. The van der Waals surface area contributed by atoms with Gasteiger partial charge in [0.2, 0.25) is 5.90 Å². The Labute approximate surface area is 88.5 Å². The van der Waals surface area contributed by atoms with Gasteiger partial charge in [-0.1, -0.05) is 0 Å². The summed E-state index contributed by atoms with van der Waals surface area (Å²) in [6.45, 7) is 1.84. The molecule has 1 rings (SSSR count). The van der Waals surface area contributed by atoms with Gasteiger partial charge in [-0.15, -0.1) is 4.40 Å². The van der Waals surface area contributed by atoms with Gasteiger partial charge in [0.25, 0.3) is 10.0 Å². The summed E-state index contributed by atoms with van der Waals surface area (Å²) in [6.07, 6.45) is 0. The van der Waals surface area contributed by atoms with E-state index in [1.807, 2.05) is 0 Å². The fraction of sp³-hybridized carbons (Fsp3) is 0.333. The number of hydrogen-bond donors (Lipinski definition) is 1. The van der Waals surface area contributed by atoms with E-state index in [1.165, 1.54) is 0 Å². The van der Waals surface area contributed by atoms with Crippen molar-refractivity contribution >= 4 is 37.8 Å². The fourth-order valence-corrected chi connectivity index (χ4v) is 2.93. The van der Waals surface area contributed by atoms with Crippen molar-refractivity contribution in [2.24, 2.45) is 4.40 Å². The van der Waals surface area contributed by atoms with Gasteiger partial charge in [-0.3, -0.25) is 0 Å². The lowest BCUT2D eigenvalue weighted by Gasteiger charge is -1.99. The molecule has 6 nitrogen and oxygen atoms in total.